The van der Waals surface area contributed by atoms with Crippen molar-refractivity contribution in [3.05, 3.63) is 53.6 Å². The number of rotatable bonds is 8. The summed E-state index contributed by atoms with van der Waals surface area (Å²) in [6, 6.07) is 10.7. The van der Waals surface area contributed by atoms with E-state index in [1.807, 2.05) is 26.0 Å². The fraction of sp³-hybridized carbons (Fsp3) is 0.333. The maximum absolute atomic E-state index is 12.3. The van der Waals surface area contributed by atoms with Crippen LogP contribution in [0.2, 0.25) is 0 Å². The van der Waals surface area contributed by atoms with Crippen LogP contribution in [0.15, 0.2) is 42.5 Å². The van der Waals surface area contributed by atoms with E-state index in [9.17, 15) is 9.59 Å². The van der Waals surface area contributed by atoms with Crippen LogP contribution in [0.4, 0.5) is 5.69 Å². The van der Waals surface area contributed by atoms with E-state index in [1.54, 1.807) is 37.5 Å². The van der Waals surface area contributed by atoms with Gasteiger partial charge in [0.25, 0.3) is 5.91 Å². The van der Waals surface area contributed by atoms with E-state index >= 15 is 0 Å². The third kappa shape index (κ3) is 5.78. The molecule has 1 aliphatic rings. The zero-order chi connectivity index (χ0) is 22.4. The molecule has 1 N–H and O–H groups in total. The second-order valence-corrected chi connectivity index (χ2v) is 7.19. The van der Waals surface area contributed by atoms with E-state index in [0.717, 1.165) is 17.7 Å². The third-order valence-electron chi connectivity index (χ3n) is 4.75. The van der Waals surface area contributed by atoms with Crippen molar-refractivity contribution in [2.75, 3.05) is 19.0 Å². The number of methoxy groups -OCH3 is 1. The Kier molecular flexibility index (Phi) is 7.18. The number of ether oxygens (including phenoxy) is 4. The van der Waals surface area contributed by atoms with Crippen molar-refractivity contribution in [3.63, 3.8) is 0 Å². The molecule has 0 fully saturated rings. The number of anilines is 1. The monoisotopic (exact) mass is 425 g/mol. The number of hydrogen-bond acceptors (Lipinski definition) is 6. The van der Waals surface area contributed by atoms with Gasteiger partial charge in [-0.1, -0.05) is 0 Å². The summed E-state index contributed by atoms with van der Waals surface area (Å²) >= 11 is 0. The molecule has 164 valence electrons. The molecule has 2 aromatic rings. The summed E-state index contributed by atoms with van der Waals surface area (Å²) in [6.45, 7) is 5.92. The van der Waals surface area contributed by atoms with Crippen LogP contribution in [-0.2, 0) is 20.7 Å². The van der Waals surface area contributed by atoms with E-state index in [0.29, 0.717) is 29.4 Å². The molecule has 0 aliphatic carbocycles. The van der Waals surface area contributed by atoms with E-state index in [4.69, 9.17) is 18.9 Å². The van der Waals surface area contributed by atoms with Gasteiger partial charge < -0.3 is 24.3 Å². The van der Waals surface area contributed by atoms with Crippen molar-refractivity contribution in [1.29, 1.82) is 0 Å². The first-order chi connectivity index (χ1) is 14.9. The highest BCUT2D eigenvalue weighted by atomic mass is 16.5. The number of carbonyl (C=O) groups is 2. The molecule has 7 nitrogen and oxygen atoms in total. The summed E-state index contributed by atoms with van der Waals surface area (Å²) in [5, 5.41) is 2.70. The van der Waals surface area contributed by atoms with Crippen molar-refractivity contribution in [3.8, 4) is 17.2 Å². The average molecular weight is 425 g/mol. The Balaban J connectivity index is 1.61. The number of hydrogen-bond donors (Lipinski definition) is 1. The summed E-state index contributed by atoms with van der Waals surface area (Å²) < 4.78 is 21.8. The normalized spacial score (nSPS) is 15.7. The zero-order valence-corrected chi connectivity index (χ0v) is 18.1. The molecular weight excluding hydrogens is 398 g/mol. The van der Waals surface area contributed by atoms with Crippen LogP contribution >= 0.6 is 0 Å². The summed E-state index contributed by atoms with van der Waals surface area (Å²) in [5.74, 6) is 1.08. The average Bonchev–Trinajstić information content (AvgIpc) is 3.11. The molecule has 0 aromatic heterocycles. The second kappa shape index (κ2) is 10.0. The van der Waals surface area contributed by atoms with Gasteiger partial charge in [0, 0.05) is 29.3 Å². The number of benzene rings is 2. The van der Waals surface area contributed by atoms with Gasteiger partial charge in [0.2, 0.25) is 0 Å². The van der Waals surface area contributed by atoms with Crippen LogP contribution in [0.1, 0.15) is 31.9 Å². The summed E-state index contributed by atoms with van der Waals surface area (Å²) in [6.07, 6.45) is 2.85. The molecule has 2 atom stereocenters. The van der Waals surface area contributed by atoms with Gasteiger partial charge in [-0.15, -0.1) is 0 Å². The van der Waals surface area contributed by atoms with Crippen molar-refractivity contribution < 1.29 is 28.5 Å². The third-order valence-corrected chi connectivity index (χ3v) is 4.75. The molecule has 0 saturated carbocycles. The summed E-state index contributed by atoms with van der Waals surface area (Å²) in [5.41, 5.74) is 2.37. The van der Waals surface area contributed by atoms with Crippen molar-refractivity contribution in [2.45, 2.75) is 39.4 Å². The van der Waals surface area contributed by atoms with E-state index in [-0.39, 0.29) is 6.10 Å². The topological polar surface area (TPSA) is 83.1 Å². The summed E-state index contributed by atoms with van der Waals surface area (Å²) in [7, 11) is 1.57. The molecule has 0 saturated heterocycles. The minimum Gasteiger partial charge on any atom is -0.497 e. The molecule has 1 aliphatic heterocycles. The molecule has 0 spiro atoms. The van der Waals surface area contributed by atoms with Gasteiger partial charge in [-0.2, -0.15) is 0 Å². The van der Waals surface area contributed by atoms with Crippen LogP contribution in [-0.4, -0.2) is 37.8 Å². The van der Waals surface area contributed by atoms with Gasteiger partial charge in [0.1, 0.15) is 23.4 Å². The number of carbonyl (C=O) groups excluding carboxylic acids is 2. The van der Waals surface area contributed by atoms with Crippen LogP contribution in [0.3, 0.4) is 0 Å². The van der Waals surface area contributed by atoms with E-state index in [2.05, 4.69) is 5.32 Å². The molecule has 0 radical (unpaired) electrons. The minimum atomic E-state index is -0.963. The van der Waals surface area contributed by atoms with Gasteiger partial charge >= 0.3 is 5.97 Å². The molecule has 1 heterocycles. The maximum atomic E-state index is 12.3. The fourth-order valence-corrected chi connectivity index (χ4v) is 3.21. The quantitative estimate of drug-likeness (QED) is 0.508. The van der Waals surface area contributed by atoms with Crippen molar-refractivity contribution >= 4 is 23.6 Å². The number of fused-ring (bicyclic) bond motifs is 1. The van der Waals surface area contributed by atoms with Gasteiger partial charge in [0.15, 0.2) is 6.10 Å². The minimum absolute atomic E-state index is 0.110. The predicted octanol–water partition coefficient (Wildman–Crippen LogP) is 4.00. The van der Waals surface area contributed by atoms with Crippen LogP contribution in [0.25, 0.3) is 6.08 Å². The molecule has 7 heteroatoms. The van der Waals surface area contributed by atoms with Gasteiger partial charge in [-0.3, -0.25) is 4.79 Å². The summed E-state index contributed by atoms with van der Waals surface area (Å²) in [4.78, 5) is 24.5. The van der Waals surface area contributed by atoms with Gasteiger partial charge in [0.05, 0.1) is 13.7 Å². The number of esters is 1. The highest BCUT2D eigenvalue weighted by Crippen LogP contribution is 2.35. The van der Waals surface area contributed by atoms with Gasteiger partial charge in [-0.25, -0.2) is 4.79 Å². The number of nitrogens with one attached hydrogen (secondary N) is 1. The Morgan fingerprint density at radius 3 is 2.68 bits per heavy atom. The Hall–Kier alpha value is -3.48. The lowest BCUT2D eigenvalue weighted by molar-refractivity contribution is -0.148. The lowest BCUT2D eigenvalue weighted by Gasteiger charge is -2.13. The SMILES string of the molecule is CCOc1cc2c(cc1/C=C/C(=O)O[C@@H](C)C(=O)Nc1ccc(OC)cc1)O[C@@H](C)C2. The lowest BCUT2D eigenvalue weighted by atomic mass is 10.1. The second-order valence-electron chi connectivity index (χ2n) is 7.19. The molecule has 3 rings (SSSR count). The molecule has 0 bridgehead atoms. The van der Waals surface area contributed by atoms with Crippen LogP contribution in [0.5, 0.6) is 17.2 Å². The fourth-order valence-electron chi connectivity index (χ4n) is 3.21. The highest BCUT2D eigenvalue weighted by molar-refractivity contribution is 5.96. The molecule has 31 heavy (non-hydrogen) atoms. The first-order valence-electron chi connectivity index (χ1n) is 10.2. The van der Waals surface area contributed by atoms with E-state index < -0.39 is 18.0 Å². The van der Waals surface area contributed by atoms with Crippen molar-refractivity contribution in [2.24, 2.45) is 0 Å². The molecule has 2 aromatic carbocycles. The Labute approximate surface area is 181 Å². The number of amides is 1. The molecule has 0 unspecified atom stereocenters. The van der Waals surface area contributed by atoms with E-state index in [1.165, 1.54) is 13.0 Å². The van der Waals surface area contributed by atoms with Crippen molar-refractivity contribution in [1.82, 2.24) is 0 Å². The largest absolute Gasteiger partial charge is 0.497 e. The van der Waals surface area contributed by atoms with Gasteiger partial charge in [-0.05, 0) is 63.2 Å². The lowest BCUT2D eigenvalue weighted by Crippen LogP contribution is -2.29. The molecular formula is C24H27NO6. The molecule has 1 amide bonds. The Morgan fingerprint density at radius 2 is 2.00 bits per heavy atom. The first kappa shape index (κ1) is 22.2. The zero-order valence-electron chi connectivity index (χ0n) is 18.1. The van der Waals surface area contributed by atoms with Crippen LogP contribution < -0.4 is 19.5 Å². The maximum Gasteiger partial charge on any atom is 0.331 e. The standard InChI is InChI=1S/C24H27NO6/c1-5-29-21-14-18-12-15(2)30-22(18)13-17(21)6-11-23(26)31-16(3)24(27)25-19-7-9-20(28-4)10-8-19/h6-11,13-16H,5,12H2,1-4H3,(H,25,27)/b11-6+/t15-,16-/m0/s1. The van der Waals surface area contributed by atoms with Crippen LogP contribution in [0, 0.1) is 0 Å². The Morgan fingerprint density at radius 1 is 1.26 bits per heavy atom. The first-order valence-corrected chi connectivity index (χ1v) is 10.2. The smallest absolute Gasteiger partial charge is 0.331 e. The Bertz CT molecular complexity index is 967. The highest BCUT2D eigenvalue weighted by Gasteiger charge is 2.21. The predicted molar refractivity (Wildman–Crippen MR) is 118 cm³/mol.